The molecule has 0 aliphatic carbocycles. The van der Waals surface area contributed by atoms with Crippen molar-refractivity contribution in [1.82, 2.24) is 14.8 Å². The minimum absolute atomic E-state index is 0.0726. The summed E-state index contributed by atoms with van der Waals surface area (Å²) < 4.78 is 19.8. The van der Waals surface area contributed by atoms with E-state index >= 15 is 0 Å². The fourth-order valence-corrected chi connectivity index (χ4v) is 5.14. The van der Waals surface area contributed by atoms with Crippen LogP contribution in [-0.4, -0.2) is 52.8 Å². The molecular weight excluding hydrogens is 441 g/mol. The first-order valence-electron chi connectivity index (χ1n) is 11.1. The van der Waals surface area contributed by atoms with Gasteiger partial charge in [-0.15, -0.1) is 11.3 Å². The van der Waals surface area contributed by atoms with Crippen molar-refractivity contribution in [3.05, 3.63) is 75.9 Å². The topological polar surface area (TPSA) is 66.7 Å². The summed E-state index contributed by atoms with van der Waals surface area (Å²) >= 11 is 1.48. The Morgan fingerprint density at radius 1 is 1.27 bits per heavy atom. The monoisotopic (exact) mass is 469 g/mol. The van der Waals surface area contributed by atoms with Gasteiger partial charge in [0.25, 0.3) is 5.91 Å². The van der Waals surface area contributed by atoms with Gasteiger partial charge < -0.3 is 14.2 Å². The van der Waals surface area contributed by atoms with E-state index in [-0.39, 0.29) is 29.6 Å². The van der Waals surface area contributed by atoms with E-state index in [0.717, 1.165) is 18.5 Å². The SMILES string of the molecule is Cc1occc1C(=O)N(C)C(Cc1ccccc1F)C1CCN(C(=O)Cc2cscn2)CC1. The third kappa shape index (κ3) is 5.33. The number of rotatable bonds is 7. The van der Waals surface area contributed by atoms with Gasteiger partial charge in [0.2, 0.25) is 5.91 Å². The van der Waals surface area contributed by atoms with Gasteiger partial charge >= 0.3 is 0 Å². The Morgan fingerprint density at radius 3 is 2.67 bits per heavy atom. The van der Waals surface area contributed by atoms with E-state index in [0.29, 0.717) is 42.8 Å². The molecule has 1 aliphatic rings. The molecule has 0 bridgehead atoms. The number of thiazole rings is 1. The van der Waals surface area contributed by atoms with Gasteiger partial charge in [-0.3, -0.25) is 9.59 Å². The summed E-state index contributed by atoms with van der Waals surface area (Å²) in [4.78, 5) is 33.7. The van der Waals surface area contributed by atoms with Gasteiger partial charge in [-0.2, -0.15) is 0 Å². The van der Waals surface area contributed by atoms with Crippen LogP contribution < -0.4 is 0 Å². The molecule has 3 aromatic rings. The molecule has 1 saturated heterocycles. The predicted octanol–water partition coefficient (Wildman–Crippen LogP) is 4.35. The number of carbonyl (C=O) groups excluding carboxylic acids is 2. The number of halogens is 1. The summed E-state index contributed by atoms with van der Waals surface area (Å²) in [5, 5.41) is 1.90. The van der Waals surface area contributed by atoms with Crippen molar-refractivity contribution in [2.45, 2.75) is 38.6 Å². The zero-order valence-electron chi connectivity index (χ0n) is 18.9. The summed E-state index contributed by atoms with van der Waals surface area (Å²) in [7, 11) is 1.78. The summed E-state index contributed by atoms with van der Waals surface area (Å²) in [6.07, 6.45) is 3.75. The average Bonchev–Trinajstić information content (AvgIpc) is 3.49. The summed E-state index contributed by atoms with van der Waals surface area (Å²) in [5.41, 5.74) is 3.64. The lowest BCUT2D eigenvalue weighted by Gasteiger charge is -2.40. The van der Waals surface area contributed by atoms with E-state index < -0.39 is 0 Å². The van der Waals surface area contributed by atoms with Crippen LogP contribution in [0.5, 0.6) is 0 Å². The number of piperidine rings is 1. The number of hydrogen-bond acceptors (Lipinski definition) is 5. The smallest absolute Gasteiger partial charge is 0.257 e. The number of likely N-dealkylation sites (N-methyl/N-ethyl adjacent to an activating group) is 1. The molecule has 6 nitrogen and oxygen atoms in total. The quantitative estimate of drug-likeness (QED) is 0.516. The highest BCUT2D eigenvalue weighted by atomic mass is 32.1. The molecule has 1 aromatic carbocycles. The molecular formula is C25H28FN3O3S. The highest BCUT2D eigenvalue weighted by Crippen LogP contribution is 2.29. The lowest BCUT2D eigenvalue weighted by molar-refractivity contribution is -0.132. The van der Waals surface area contributed by atoms with Crippen molar-refractivity contribution in [3.8, 4) is 0 Å². The maximum absolute atomic E-state index is 14.5. The van der Waals surface area contributed by atoms with Crippen molar-refractivity contribution < 1.29 is 18.4 Å². The molecule has 1 unspecified atom stereocenters. The molecule has 0 spiro atoms. The van der Waals surface area contributed by atoms with Crippen molar-refractivity contribution in [2.24, 2.45) is 5.92 Å². The molecule has 0 N–H and O–H groups in total. The van der Waals surface area contributed by atoms with E-state index in [1.54, 1.807) is 42.6 Å². The molecule has 1 atom stereocenters. The van der Waals surface area contributed by atoms with Crippen molar-refractivity contribution in [3.63, 3.8) is 0 Å². The Bertz CT molecular complexity index is 1090. The van der Waals surface area contributed by atoms with Crippen molar-refractivity contribution in [2.75, 3.05) is 20.1 Å². The van der Waals surface area contributed by atoms with Gasteiger partial charge in [0, 0.05) is 31.6 Å². The average molecular weight is 470 g/mol. The Balaban J connectivity index is 1.48. The Labute approximate surface area is 197 Å². The minimum Gasteiger partial charge on any atom is -0.469 e. The van der Waals surface area contributed by atoms with Gasteiger partial charge in [0.05, 0.1) is 29.5 Å². The Morgan fingerprint density at radius 2 is 2.03 bits per heavy atom. The second kappa shape index (κ2) is 10.3. The summed E-state index contributed by atoms with van der Waals surface area (Å²) in [5.74, 6) is 0.389. The number of aryl methyl sites for hydroxylation is 1. The maximum atomic E-state index is 14.5. The Hall–Kier alpha value is -3.00. The molecule has 1 aliphatic heterocycles. The highest BCUT2D eigenvalue weighted by Gasteiger charge is 2.34. The Kier molecular flexibility index (Phi) is 7.23. The third-order valence-electron chi connectivity index (χ3n) is 6.55. The van der Waals surface area contributed by atoms with Crippen LogP contribution in [0.25, 0.3) is 0 Å². The number of benzene rings is 1. The van der Waals surface area contributed by atoms with Gasteiger partial charge in [-0.05, 0) is 49.8 Å². The number of aromatic nitrogens is 1. The molecule has 3 heterocycles. The van der Waals surface area contributed by atoms with Crippen LogP contribution >= 0.6 is 11.3 Å². The van der Waals surface area contributed by atoms with Crippen LogP contribution in [-0.2, 0) is 17.6 Å². The van der Waals surface area contributed by atoms with Crippen LogP contribution in [0, 0.1) is 18.7 Å². The number of likely N-dealkylation sites (tertiary alicyclic amines) is 1. The van der Waals surface area contributed by atoms with Crippen LogP contribution in [0.15, 0.2) is 51.9 Å². The van der Waals surface area contributed by atoms with Crippen molar-refractivity contribution >= 4 is 23.2 Å². The first-order valence-corrected chi connectivity index (χ1v) is 12.1. The number of nitrogens with zero attached hydrogens (tertiary/aromatic N) is 3. The van der Waals surface area contributed by atoms with E-state index in [2.05, 4.69) is 4.98 Å². The van der Waals surface area contributed by atoms with Gasteiger partial charge in [-0.25, -0.2) is 9.37 Å². The van der Waals surface area contributed by atoms with Gasteiger partial charge in [-0.1, -0.05) is 18.2 Å². The molecule has 2 aromatic heterocycles. The molecule has 8 heteroatoms. The lowest BCUT2D eigenvalue weighted by Crippen LogP contribution is -2.48. The molecule has 1 fully saturated rings. The summed E-state index contributed by atoms with van der Waals surface area (Å²) in [6, 6.07) is 8.19. The van der Waals surface area contributed by atoms with Crippen LogP contribution in [0.1, 0.15) is 40.2 Å². The van der Waals surface area contributed by atoms with E-state index in [4.69, 9.17) is 4.42 Å². The second-order valence-corrected chi connectivity index (χ2v) is 9.26. The zero-order chi connectivity index (χ0) is 23.4. The third-order valence-corrected chi connectivity index (χ3v) is 7.18. The van der Waals surface area contributed by atoms with E-state index in [1.165, 1.54) is 23.7 Å². The van der Waals surface area contributed by atoms with E-state index in [1.807, 2.05) is 16.3 Å². The second-order valence-electron chi connectivity index (χ2n) is 8.54. The number of furan rings is 1. The van der Waals surface area contributed by atoms with Crippen molar-refractivity contribution in [1.29, 1.82) is 0 Å². The molecule has 0 radical (unpaired) electrons. The fourth-order valence-electron chi connectivity index (χ4n) is 4.58. The normalized spacial score (nSPS) is 15.4. The molecule has 0 saturated carbocycles. The maximum Gasteiger partial charge on any atom is 0.257 e. The van der Waals surface area contributed by atoms with Crippen LogP contribution in [0.4, 0.5) is 4.39 Å². The lowest BCUT2D eigenvalue weighted by atomic mass is 9.84. The fraction of sp³-hybridized carbons (Fsp3) is 0.400. The zero-order valence-corrected chi connectivity index (χ0v) is 19.7. The predicted molar refractivity (Wildman–Crippen MR) is 125 cm³/mol. The molecule has 33 heavy (non-hydrogen) atoms. The number of amides is 2. The molecule has 4 rings (SSSR count). The van der Waals surface area contributed by atoms with Crippen LogP contribution in [0.2, 0.25) is 0 Å². The molecule has 2 amide bonds. The first kappa shape index (κ1) is 23.2. The van der Waals surface area contributed by atoms with Gasteiger partial charge in [0.1, 0.15) is 11.6 Å². The number of hydrogen-bond donors (Lipinski definition) is 0. The number of carbonyl (C=O) groups is 2. The molecule has 174 valence electrons. The standard InChI is InChI=1S/C25H28FN3O3S/c1-17-21(9-12-32-17)25(31)28(2)23(13-19-5-3-4-6-22(19)26)18-7-10-29(11-8-18)24(30)14-20-15-33-16-27-20/h3-6,9,12,15-16,18,23H,7-8,10-11,13-14H2,1-2H3. The minimum atomic E-state index is -0.265. The summed E-state index contributed by atoms with van der Waals surface area (Å²) in [6.45, 7) is 3.00. The van der Waals surface area contributed by atoms with Crippen LogP contribution in [0.3, 0.4) is 0 Å². The van der Waals surface area contributed by atoms with Gasteiger partial charge in [0.15, 0.2) is 0 Å². The first-order chi connectivity index (χ1) is 15.9. The highest BCUT2D eigenvalue weighted by molar-refractivity contribution is 7.07. The largest absolute Gasteiger partial charge is 0.469 e. The van der Waals surface area contributed by atoms with E-state index in [9.17, 15) is 14.0 Å².